The number of hydrogen-bond donors (Lipinski definition) is 4. The van der Waals surface area contributed by atoms with Crippen molar-refractivity contribution in [2.45, 2.75) is 123 Å². The maximum Gasteiger partial charge on any atom is 0.174 e. The van der Waals surface area contributed by atoms with Crippen LogP contribution in [0, 0.1) is 11.8 Å². The Kier molecular flexibility index (Phi) is 5.33. The molecule has 2 spiro atoms. The smallest absolute Gasteiger partial charge is 0.174 e. The summed E-state index contributed by atoms with van der Waals surface area (Å²) >= 11 is 0. The van der Waals surface area contributed by atoms with E-state index in [-0.39, 0.29) is 59.5 Å². The van der Waals surface area contributed by atoms with Crippen LogP contribution in [0.1, 0.15) is 86.5 Å². The van der Waals surface area contributed by atoms with Gasteiger partial charge in [0.1, 0.15) is 0 Å². The molecular weight excluding hydrogens is 636 g/mol. The molecule has 2 aromatic rings. The van der Waals surface area contributed by atoms with Crippen LogP contribution in [0.2, 0.25) is 0 Å². The number of phenols is 2. The highest BCUT2D eigenvalue weighted by Gasteiger charge is 2.75. The minimum Gasteiger partial charge on any atom is -0.504 e. The van der Waals surface area contributed by atoms with Crippen molar-refractivity contribution < 1.29 is 39.5 Å². The minimum atomic E-state index is -1.14. The molecule has 50 heavy (non-hydrogen) atoms. The first-order valence-corrected chi connectivity index (χ1v) is 19.2. The van der Waals surface area contributed by atoms with E-state index < -0.39 is 34.2 Å². The summed E-state index contributed by atoms with van der Waals surface area (Å²) < 4.78 is 13.0. The number of carbonyl (C=O) groups excluding carboxylic acids is 2. The zero-order valence-electron chi connectivity index (χ0n) is 28.2. The first-order chi connectivity index (χ1) is 24.1. The Hall–Kier alpha value is -3.18. The molecule has 0 radical (unpaired) electrons. The fourth-order valence-electron chi connectivity index (χ4n) is 13.1. The van der Waals surface area contributed by atoms with E-state index in [4.69, 9.17) is 9.47 Å². The Labute approximate surface area is 290 Å². The summed E-state index contributed by atoms with van der Waals surface area (Å²) in [5, 5.41) is 49.6. The zero-order valence-corrected chi connectivity index (χ0v) is 28.2. The SMILES string of the molecule is O=C1CC[C@@]2(O)[C@H]3Cc4cc(-c5cc6c7c(c5O)O[C@H]5C(=O)CC[C@@]8(O)[C@@H](C6)N(CC6CC6)CC[C@]758)c(O)c5c4[C@@]2(CCN3CC2CC2)[C@H]1O5. The summed E-state index contributed by atoms with van der Waals surface area (Å²) in [6.45, 7) is 3.43. The van der Waals surface area contributed by atoms with Gasteiger partial charge in [-0.2, -0.15) is 0 Å². The highest BCUT2D eigenvalue weighted by Crippen LogP contribution is 2.69. The molecule has 8 atom stereocenters. The van der Waals surface area contributed by atoms with Gasteiger partial charge in [-0.1, -0.05) is 0 Å². The van der Waals surface area contributed by atoms with Gasteiger partial charge >= 0.3 is 0 Å². The predicted molar refractivity (Wildman–Crippen MR) is 179 cm³/mol. The third-order valence-corrected chi connectivity index (χ3v) is 15.6. The lowest BCUT2D eigenvalue weighted by atomic mass is 9.48. The van der Waals surface area contributed by atoms with E-state index in [1.807, 2.05) is 12.1 Å². The molecule has 10 nitrogen and oxygen atoms in total. The fourth-order valence-corrected chi connectivity index (χ4v) is 13.1. The summed E-state index contributed by atoms with van der Waals surface area (Å²) in [5.74, 6) is 1.45. The van der Waals surface area contributed by atoms with Gasteiger partial charge < -0.3 is 29.9 Å². The molecule has 10 heteroatoms. The molecule has 2 saturated heterocycles. The number of nitrogens with zero attached hydrogens (tertiary/aromatic N) is 2. The number of benzene rings is 2. The van der Waals surface area contributed by atoms with Gasteiger partial charge in [0.15, 0.2) is 46.8 Å². The Morgan fingerprint density at radius 1 is 0.660 bits per heavy atom. The number of hydrogen-bond acceptors (Lipinski definition) is 10. The number of rotatable bonds is 5. The molecule has 4 bridgehead atoms. The van der Waals surface area contributed by atoms with Crippen molar-refractivity contribution >= 4 is 11.6 Å². The molecular formula is C40H44N2O8. The van der Waals surface area contributed by atoms with E-state index >= 15 is 0 Å². The van der Waals surface area contributed by atoms with E-state index in [0.717, 1.165) is 48.4 Å². The van der Waals surface area contributed by atoms with Crippen LogP contribution in [0.3, 0.4) is 0 Å². The Balaban J connectivity index is 1.04. The molecule has 10 aliphatic rings. The van der Waals surface area contributed by atoms with Crippen molar-refractivity contribution in [1.29, 1.82) is 0 Å². The number of ketones is 2. The highest BCUT2D eigenvalue weighted by molar-refractivity contribution is 5.94. The first-order valence-electron chi connectivity index (χ1n) is 19.2. The van der Waals surface area contributed by atoms with Crippen LogP contribution in [0.4, 0.5) is 0 Å². The highest BCUT2D eigenvalue weighted by atomic mass is 16.5. The van der Waals surface area contributed by atoms with Crippen LogP contribution in [0.25, 0.3) is 11.1 Å². The Bertz CT molecular complexity index is 1830. The molecule has 2 aromatic carbocycles. The molecule has 12 rings (SSSR count). The van der Waals surface area contributed by atoms with Gasteiger partial charge in [0, 0.05) is 60.3 Å². The van der Waals surface area contributed by atoms with Gasteiger partial charge in [-0.15, -0.1) is 0 Å². The van der Waals surface area contributed by atoms with E-state index in [2.05, 4.69) is 9.80 Å². The molecule has 6 aliphatic carbocycles. The van der Waals surface area contributed by atoms with E-state index in [1.54, 1.807) is 0 Å². The molecule has 6 fully saturated rings. The molecule has 4 saturated carbocycles. The van der Waals surface area contributed by atoms with Gasteiger partial charge in [0.25, 0.3) is 0 Å². The lowest BCUT2D eigenvalue weighted by molar-refractivity contribution is -0.188. The van der Waals surface area contributed by atoms with Crippen molar-refractivity contribution in [1.82, 2.24) is 9.80 Å². The Morgan fingerprint density at radius 3 is 1.48 bits per heavy atom. The van der Waals surface area contributed by atoms with Crippen LogP contribution >= 0.6 is 0 Å². The average Bonchev–Trinajstić information content (AvgIpc) is 4.02. The van der Waals surface area contributed by atoms with Crippen LogP contribution in [-0.2, 0) is 33.3 Å². The van der Waals surface area contributed by atoms with Gasteiger partial charge in [0.05, 0.1) is 22.0 Å². The second-order valence-electron chi connectivity index (χ2n) is 17.8. The van der Waals surface area contributed by atoms with Crippen LogP contribution in [-0.4, -0.2) is 103 Å². The van der Waals surface area contributed by atoms with Gasteiger partial charge in [0.2, 0.25) is 0 Å². The quantitative estimate of drug-likeness (QED) is 0.373. The molecule has 0 unspecified atom stereocenters. The second kappa shape index (κ2) is 9.06. The monoisotopic (exact) mass is 680 g/mol. The van der Waals surface area contributed by atoms with Gasteiger partial charge in [-0.3, -0.25) is 19.4 Å². The van der Waals surface area contributed by atoms with Crippen LogP contribution in [0.5, 0.6) is 23.0 Å². The first kappa shape index (κ1) is 29.4. The fraction of sp³-hybridized carbons (Fsp3) is 0.650. The number of carbonyl (C=O) groups is 2. The van der Waals surface area contributed by atoms with Crippen LogP contribution < -0.4 is 9.47 Å². The van der Waals surface area contributed by atoms with Crippen molar-refractivity contribution in [2.24, 2.45) is 11.8 Å². The number of piperidine rings is 2. The van der Waals surface area contributed by atoms with Crippen molar-refractivity contribution in [2.75, 3.05) is 26.2 Å². The van der Waals surface area contributed by atoms with Gasteiger partial charge in [-0.25, -0.2) is 0 Å². The van der Waals surface area contributed by atoms with E-state index in [1.165, 1.54) is 25.7 Å². The summed E-state index contributed by atoms with van der Waals surface area (Å²) in [6, 6.07) is 3.56. The number of ether oxygens (including phenoxy) is 2. The number of phenolic OH excluding ortho intramolecular Hbond substituents is 2. The van der Waals surface area contributed by atoms with Crippen molar-refractivity contribution in [3.63, 3.8) is 0 Å². The van der Waals surface area contributed by atoms with Crippen LogP contribution in [0.15, 0.2) is 12.1 Å². The van der Waals surface area contributed by atoms with E-state index in [0.29, 0.717) is 61.5 Å². The molecule has 0 aromatic heterocycles. The third kappa shape index (κ3) is 3.17. The average molecular weight is 681 g/mol. The molecule has 262 valence electrons. The van der Waals surface area contributed by atoms with Crippen molar-refractivity contribution in [3.8, 4) is 34.1 Å². The number of Topliss-reactive ketones (excluding diaryl/α,β-unsaturated/α-hetero) is 2. The summed E-state index contributed by atoms with van der Waals surface area (Å²) in [5.41, 5.74) is 0.126. The topological polar surface area (TPSA) is 140 Å². The molecule has 4 heterocycles. The van der Waals surface area contributed by atoms with Gasteiger partial charge in [-0.05, 0) is 112 Å². The largest absolute Gasteiger partial charge is 0.504 e. The molecule has 4 aliphatic heterocycles. The zero-order chi connectivity index (χ0) is 33.7. The lowest BCUT2D eigenvalue weighted by Gasteiger charge is -2.62. The molecule has 0 amide bonds. The second-order valence-corrected chi connectivity index (χ2v) is 17.8. The summed E-state index contributed by atoms with van der Waals surface area (Å²) in [4.78, 5) is 32.1. The number of aromatic hydroxyl groups is 2. The Morgan fingerprint density at radius 2 is 1.08 bits per heavy atom. The standard InChI is InChI=1S/C40H44N2O8/c43-25-5-7-39(47)27-15-21-13-23(31(45)33-29(21)37(39,35(25)49-33)9-11-41(27)17-19-1-2-19)24-14-22-16-28-40(48)8-6-26(44)36-38(40,30(22)34(50-36)32(24)46)10-12-42(28)18-20-3-4-20/h13-14,19-20,27-28,35-36,45-48H,1-12,15-18H2/t27-,28-,35+,36+,37+,38+,39-,40-/m1/s1. The summed E-state index contributed by atoms with van der Waals surface area (Å²) in [7, 11) is 0. The van der Waals surface area contributed by atoms with Crippen molar-refractivity contribution in [3.05, 3.63) is 34.4 Å². The number of likely N-dealkylation sites (tertiary alicyclic amines) is 2. The third-order valence-electron chi connectivity index (χ3n) is 15.6. The predicted octanol–water partition coefficient (Wildman–Crippen LogP) is 3.03. The maximum absolute atomic E-state index is 13.6. The lowest BCUT2D eigenvalue weighted by Crippen LogP contribution is -2.76. The maximum atomic E-state index is 13.6. The minimum absolute atomic E-state index is 0.0337. The summed E-state index contributed by atoms with van der Waals surface area (Å²) in [6.07, 6.45) is 6.68. The number of aliphatic hydroxyl groups is 2. The molecule has 4 N–H and O–H groups in total. The van der Waals surface area contributed by atoms with E-state index in [9.17, 15) is 30.0 Å². The normalized spacial score (nSPS) is 41.8.